The van der Waals surface area contributed by atoms with Gasteiger partial charge in [-0.25, -0.2) is 4.98 Å². The van der Waals surface area contributed by atoms with Gasteiger partial charge >= 0.3 is 0 Å². The molecule has 0 saturated carbocycles. The van der Waals surface area contributed by atoms with E-state index in [4.69, 9.17) is 9.84 Å². The van der Waals surface area contributed by atoms with Crippen LogP contribution in [0.5, 0.6) is 0 Å². The van der Waals surface area contributed by atoms with Crippen LogP contribution in [-0.4, -0.2) is 66.4 Å². The van der Waals surface area contributed by atoms with Crippen molar-refractivity contribution in [2.24, 2.45) is 0 Å². The van der Waals surface area contributed by atoms with Crippen molar-refractivity contribution < 1.29 is 14.6 Å². The predicted molar refractivity (Wildman–Crippen MR) is 83.5 cm³/mol. The topological polar surface area (TPSA) is 86.7 Å². The quantitative estimate of drug-likeness (QED) is 0.676. The lowest BCUT2D eigenvalue weighted by Gasteiger charge is -2.39. The second kappa shape index (κ2) is 7.53. The van der Waals surface area contributed by atoms with E-state index >= 15 is 0 Å². The van der Waals surface area contributed by atoms with Gasteiger partial charge in [0.05, 0.1) is 13.2 Å². The number of hydrogen-bond donors (Lipinski definition) is 3. The Morgan fingerprint density at radius 1 is 1.59 bits per heavy atom. The van der Waals surface area contributed by atoms with Crippen LogP contribution in [0.4, 0.5) is 5.82 Å². The highest BCUT2D eigenvalue weighted by atomic mass is 16.5. The van der Waals surface area contributed by atoms with Gasteiger partial charge in [0.15, 0.2) is 5.60 Å². The monoisotopic (exact) mass is 308 g/mol. The van der Waals surface area contributed by atoms with Crippen LogP contribution in [0.1, 0.15) is 12.5 Å². The van der Waals surface area contributed by atoms with Gasteiger partial charge in [-0.05, 0) is 13.0 Å². The molecule has 1 aromatic heterocycles. The molecule has 0 spiro atoms. The average Bonchev–Trinajstić information content (AvgIpc) is 2.53. The van der Waals surface area contributed by atoms with Gasteiger partial charge in [-0.1, -0.05) is 6.07 Å². The van der Waals surface area contributed by atoms with Crippen LogP contribution in [0, 0.1) is 0 Å². The zero-order valence-electron chi connectivity index (χ0n) is 13.1. The molecule has 1 unspecified atom stereocenters. The van der Waals surface area contributed by atoms with Gasteiger partial charge in [0.1, 0.15) is 5.82 Å². The first kappa shape index (κ1) is 16.7. The summed E-state index contributed by atoms with van der Waals surface area (Å²) in [7, 11) is 1.84. The van der Waals surface area contributed by atoms with E-state index in [1.54, 1.807) is 13.1 Å². The van der Waals surface area contributed by atoms with E-state index in [0.29, 0.717) is 19.7 Å². The second-order valence-electron chi connectivity index (χ2n) is 5.53. The number of anilines is 1. The Hall–Kier alpha value is -1.70. The number of aromatic nitrogens is 1. The Morgan fingerprint density at radius 2 is 2.41 bits per heavy atom. The van der Waals surface area contributed by atoms with Crippen molar-refractivity contribution in [2.75, 3.05) is 45.2 Å². The molecule has 1 aromatic rings. The number of aliphatic hydroxyl groups is 1. The van der Waals surface area contributed by atoms with Crippen molar-refractivity contribution >= 4 is 11.7 Å². The Balaban J connectivity index is 2.02. The number of carbonyl (C=O) groups excluding carboxylic acids is 1. The molecule has 1 fully saturated rings. The fraction of sp³-hybridized carbons (Fsp3) is 0.600. The molecule has 7 nitrogen and oxygen atoms in total. The number of nitrogens with zero attached hydrogens (tertiary/aromatic N) is 2. The zero-order valence-corrected chi connectivity index (χ0v) is 13.1. The van der Waals surface area contributed by atoms with Crippen molar-refractivity contribution in [1.82, 2.24) is 15.2 Å². The largest absolute Gasteiger partial charge is 0.395 e. The number of rotatable bonds is 6. The van der Waals surface area contributed by atoms with Crippen molar-refractivity contribution in [2.45, 2.75) is 19.1 Å². The van der Waals surface area contributed by atoms with Crippen molar-refractivity contribution in [1.29, 1.82) is 0 Å². The smallest absolute Gasteiger partial charge is 0.253 e. The van der Waals surface area contributed by atoms with Crippen molar-refractivity contribution in [3.05, 3.63) is 23.9 Å². The summed E-state index contributed by atoms with van der Waals surface area (Å²) >= 11 is 0. The number of pyridine rings is 1. The van der Waals surface area contributed by atoms with E-state index in [0.717, 1.165) is 17.9 Å². The minimum atomic E-state index is -0.893. The molecular formula is C15H24N4O3. The summed E-state index contributed by atoms with van der Waals surface area (Å²) in [4.78, 5) is 18.7. The first-order chi connectivity index (χ1) is 10.6. The van der Waals surface area contributed by atoms with E-state index in [1.165, 1.54) is 0 Å². The summed E-state index contributed by atoms with van der Waals surface area (Å²) in [5.74, 6) is 0.659. The maximum absolute atomic E-state index is 12.2. The SMILES string of the molecule is CNc1ncccc1CN1CCOC(C)(C(=O)NCCO)C1. The molecule has 1 aliphatic heterocycles. The third-order valence-corrected chi connectivity index (χ3v) is 3.75. The molecule has 0 radical (unpaired) electrons. The Morgan fingerprint density at radius 3 is 3.14 bits per heavy atom. The third kappa shape index (κ3) is 3.94. The maximum Gasteiger partial charge on any atom is 0.253 e. The van der Waals surface area contributed by atoms with Crippen LogP contribution in [0.3, 0.4) is 0 Å². The second-order valence-corrected chi connectivity index (χ2v) is 5.53. The number of amides is 1. The van der Waals surface area contributed by atoms with E-state index < -0.39 is 5.60 Å². The average molecular weight is 308 g/mol. The Bertz CT molecular complexity index is 511. The van der Waals surface area contributed by atoms with Crippen LogP contribution in [0.15, 0.2) is 18.3 Å². The minimum Gasteiger partial charge on any atom is -0.395 e. The van der Waals surface area contributed by atoms with Crippen LogP contribution >= 0.6 is 0 Å². The van der Waals surface area contributed by atoms with Crippen LogP contribution in [0.2, 0.25) is 0 Å². The molecule has 2 rings (SSSR count). The lowest BCUT2D eigenvalue weighted by molar-refractivity contribution is -0.157. The normalized spacial score (nSPS) is 22.3. The number of morpholine rings is 1. The van der Waals surface area contributed by atoms with Gasteiger partial charge < -0.3 is 20.5 Å². The molecule has 0 aromatic carbocycles. The molecule has 1 amide bonds. The van der Waals surface area contributed by atoms with E-state index in [-0.39, 0.29) is 19.1 Å². The summed E-state index contributed by atoms with van der Waals surface area (Å²) in [6.45, 7) is 4.42. The summed E-state index contributed by atoms with van der Waals surface area (Å²) in [6.07, 6.45) is 1.75. The highest BCUT2D eigenvalue weighted by Gasteiger charge is 2.39. The molecule has 1 atom stereocenters. The van der Waals surface area contributed by atoms with Gasteiger partial charge in [-0.15, -0.1) is 0 Å². The highest BCUT2D eigenvalue weighted by Crippen LogP contribution is 2.21. The molecule has 1 aliphatic rings. The number of carbonyl (C=O) groups is 1. The lowest BCUT2D eigenvalue weighted by atomic mass is 10.0. The van der Waals surface area contributed by atoms with Crippen LogP contribution < -0.4 is 10.6 Å². The van der Waals surface area contributed by atoms with Gasteiger partial charge in [-0.3, -0.25) is 9.69 Å². The molecule has 122 valence electrons. The molecule has 0 bridgehead atoms. The first-order valence-corrected chi connectivity index (χ1v) is 7.46. The van der Waals surface area contributed by atoms with Gasteiger partial charge in [0.2, 0.25) is 0 Å². The first-order valence-electron chi connectivity index (χ1n) is 7.46. The summed E-state index contributed by atoms with van der Waals surface area (Å²) in [5.41, 5.74) is 0.195. The molecule has 0 aliphatic carbocycles. The van der Waals surface area contributed by atoms with Crippen molar-refractivity contribution in [3.8, 4) is 0 Å². The summed E-state index contributed by atoms with van der Waals surface area (Å²) < 4.78 is 5.68. The molecule has 3 N–H and O–H groups in total. The van der Waals surface area contributed by atoms with Crippen molar-refractivity contribution in [3.63, 3.8) is 0 Å². The molecular weight excluding hydrogens is 284 g/mol. The summed E-state index contributed by atoms with van der Waals surface area (Å²) in [5, 5.41) is 14.6. The standard InChI is InChI=1S/C15H24N4O3/c1-15(14(21)18-6-8-20)11-19(7-9-22-15)10-12-4-3-5-17-13(12)16-2/h3-5,20H,6-11H2,1-2H3,(H,16,17)(H,18,21). The number of nitrogens with one attached hydrogen (secondary N) is 2. The predicted octanol–water partition coefficient (Wildman–Crippen LogP) is -0.177. The summed E-state index contributed by atoms with van der Waals surface area (Å²) in [6, 6.07) is 3.93. The number of hydrogen-bond acceptors (Lipinski definition) is 6. The number of aliphatic hydroxyl groups excluding tert-OH is 1. The lowest BCUT2D eigenvalue weighted by Crippen LogP contribution is -2.58. The number of ether oxygens (including phenoxy) is 1. The van der Waals surface area contributed by atoms with Gasteiger partial charge in [0, 0.05) is 45.0 Å². The third-order valence-electron chi connectivity index (χ3n) is 3.75. The molecule has 7 heteroatoms. The molecule has 2 heterocycles. The minimum absolute atomic E-state index is 0.0766. The van der Waals surface area contributed by atoms with Crippen LogP contribution in [-0.2, 0) is 16.1 Å². The fourth-order valence-corrected chi connectivity index (χ4v) is 2.61. The zero-order chi connectivity index (χ0) is 16.0. The van der Waals surface area contributed by atoms with Crippen LogP contribution in [0.25, 0.3) is 0 Å². The molecule has 1 saturated heterocycles. The fourth-order valence-electron chi connectivity index (χ4n) is 2.61. The highest BCUT2D eigenvalue weighted by molar-refractivity contribution is 5.85. The molecule has 22 heavy (non-hydrogen) atoms. The van der Waals surface area contributed by atoms with E-state index in [9.17, 15) is 4.79 Å². The Labute approximate surface area is 130 Å². The maximum atomic E-state index is 12.2. The van der Waals surface area contributed by atoms with Gasteiger partial charge in [-0.2, -0.15) is 0 Å². The van der Waals surface area contributed by atoms with Gasteiger partial charge in [0.25, 0.3) is 5.91 Å². The van der Waals surface area contributed by atoms with E-state index in [1.807, 2.05) is 19.2 Å². The Kier molecular flexibility index (Phi) is 5.70. The van der Waals surface area contributed by atoms with E-state index in [2.05, 4.69) is 20.5 Å².